The van der Waals surface area contributed by atoms with E-state index in [0.29, 0.717) is 15.8 Å². The van der Waals surface area contributed by atoms with Crippen molar-refractivity contribution in [3.8, 4) is 0 Å². The van der Waals surface area contributed by atoms with E-state index in [-0.39, 0.29) is 11.8 Å². The average molecular weight is 319 g/mol. The first-order valence-corrected chi connectivity index (χ1v) is 7.95. The van der Waals surface area contributed by atoms with E-state index in [2.05, 4.69) is 0 Å². The zero-order chi connectivity index (χ0) is 14.8. The molecule has 0 amide bonds. The minimum atomic E-state index is -0.0169. The maximum Gasteiger partial charge on any atom is 0.147 e. The molecule has 2 aromatic rings. The molecule has 0 radical (unpaired) electrons. The van der Waals surface area contributed by atoms with E-state index < -0.39 is 0 Å². The largest absolute Gasteiger partial charge is 0.298 e. The number of carbonyl (C=O) groups excluding carboxylic acids is 1. The Morgan fingerprint density at radius 1 is 0.714 bits per heavy atom. The highest BCUT2D eigenvalue weighted by Crippen LogP contribution is 2.38. The molecule has 21 heavy (non-hydrogen) atoms. The van der Waals surface area contributed by atoms with Crippen LogP contribution in [0.5, 0.6) is 0 Å². The first-order chi connectivity index (χ1) is 10.1. The van der Waals surface area contributed by atoms with E-state index in [0.717, 1.165) is 30.4 Å². The van der Waals surface area contributed by atoms with E-state index in [1.807, 2.05) is 48.5 Å². The third-order valence-electron chi connectivity index (χ3n) is 4.22. The molecule has 0 spiro atoms. The predicted octanol–water partition coefficient (Wildman–Crippen LogP) is 5.61. The van der Waals surface area contributed by atoms with Gasteiger partial charge in [-0.2, -0.15) is 0 Å². The Bertz CT molecular complexity index is 576. The third kappa shape index (κ3) is 3.14. The Morgan fingerprint density at radius 3 is 1.48 bits per heavy atom. The number of hydrogen-bond acceptors (Lipinski definition) is 1. The standard InChI is InChI=1S/C18H16Cl2O/c19-14-8-4-12(5-9-14)16-2-1-3-17(18(16)21)13-6-10-15(20)11-7-13/h4-11,16-17H,1-3H2/t16-,17+. The van der Waals surface area contributed by atoms with Crippen LogP contribution in [-0.2, 0) is 4.79 Å². The van der Waals surface area contributed by atoms with Crippen LogP contribution in [0.2, 0.25) is 10.0 Å². The van der Waals surface area contributed by atoms with Crippen LogP contribution in [0.4, 0.5) is 0 Å². The SMILES string of the molecule is O=C1[C@H](c2ccc(Cl)cc2)CCC[C@@H]1c1ccc(Cl)cc1. The fourth-order valence-corrected chi connectivity index (χ4v) is 3.36. The number of benzene rings is 2. The highest BCUT2D eigenvalue weighted by Gasteiger charge is 2.32. The first-order valence-electron chi connectivity index (χ1n) is 7.20. The number of halogens is 2. The molecule has 0 heterocycles. The summed E-state index contributed by atoms with van der Waals surface area (Å²) in [7, 11) is 0. The molecule has 2 aromatic carbocycles. The average Bonchev–Trinajstić information content (AvgIpc) is 2.50. The summed E-state index contributed by atoms with van der Waals surface area (Å²) in [6.07, 6.45) is 2.90. The maximum atomic E-state index is 12.8. The van der Waals surface area contributed by atoms with Crippen molar-refractivity contribution in [2.75, 3.05) is 0 Å². The fourth-order valence-electron chi connectivity index (χ4n) is 3.11. The van der Waals surface area contributed by atoms with Gasteiger partial charge in [-0.05, 0) is 48.2 Å². The van der Waals surface area contributed by atoms with Gasteiger partial charge in [0.2, 0.25) is 0 Å². The van der Waals surface area contributed by atoms with Crippen molar-refractivity contribution in [3.05, 3.63) is 69.7 Å². The van der Waals surface area contributed by atoms with Crippen molar-refractivity contribution in [2.45, 2.75) is 31.1 Å². The number of rotatable bonds is 2. The fraction of sp³-hybridized carbons (Fsp3) is 0.278. The molecule has 108 valence electrons. The van der Waals surface area contributed by atoms with E-state index >= 15 is 0 Å². The molecule has 1 fully saturated rings. The van der Waals surface area contributed by atoms with Gasteiger partial charge in [0, 0.05) is 21.9 Å². The lowest BCUT2D eigenvalue weighted by Gasteiger charge is -2.28. The van der Waals surface area contributed by atoms with Crippen LogP contribution in [0.15, 0.2) is 48.5 Å². The summed E-state index contributed by atoms with van der Waals surface area (Å²) in [6, 6.07) is 15.3. The normalized spacial score (nSPS) is 22.3. The van der Waals surface area contributed by atoms with Crippen molar-refractivity contribution in [2.24, 2.45) is 0 Å². The number of Topliss-reactive ketones (excluding diaryl/α,β-unsaturated/α-hetero) is 1. The molecule has 0 aliphatic heterocycles. The maximum absolute atomic E-state index is 12.8. The topological polar surface area (TPSA) is 17.1 Å². The Hall–Kier alpha value is -1.31. The number of hydrogen-bond donors (Lipinski definition) is 0. The molecule has 1 aliphatic rings. The minimum absolute atomic E-state index is 0.0169. The zero-order valence-electron chi connectivity index (χ0n) is 11.6. The van der Waals surface area contributed by atoms with Crippen LogP contribution in [0.25, 0.3) is 0 Å². The van der Waals surface area contributed by atoms with Gasteiger partial charge in [0.25, 0.3) is 0 Å². The quantitative estimate of drug-likeness (QED) is 0.703. The Balaban J connectivity index is 1.86. The lowest BCUT2D eigenvalue weighted by atomic mass is 9.74. The highest BCUT2D eigenvalue weighted by atomic mass is 35.5. The predicted molar refractivity (Wildman–Crippen MR) is 87.2 cm³/mol. The van der Waals surface area contributed by atoms with Gasteiger partial charge in [-0.25, -0.2) is 0 Å². The molecule has 3 heteroatoms. The molecular weight excluding hydrogens is 303 g/mol. The second-order valence-corrected chi connectivity index (χ2v) is 6.41. The van der Waals surface area contributed by atoms with E-state index in [1.54, 1.807) is 0 Å². The van der Waals surface area contributed by atoms with Crippen LogP contribution < -0.4 is 0 Å². The minimum Gasteiger partial charge on any atom is -0.298 e. The van der Waals surface area contributed by atoms with Gasteiger partial charge in [0.05, 0.1) is 0 Å². The Kier molecular flexibility index (Phi) is 4.32. The van der Waals surface area contributed by atoms with Crippen LogP contribution in [-0.4, -0.2) is 5.78 Å². The molecule has 0 bridgehead atoms. The molecule has 0 aromatic heterocycles. The lowest BCUT2D eigenvalue weighted by molar-refractivity contribution is -0.123. The van der Waals surface area contributed by atoms with Gasteiger partial charge in [-0.15, -0.1) is 0 Å². The van der Waals surface area contributed by atoms with E-state index in [4.69, 9.17) is 23.2 Å². The monoisotopic (exact) mass is 318 g/mol. The lowest BCUT2D eigenvalue weighted by Crippen LogP contribution is -2.25. The van der Waals surface area contributed by atoms with Crippen LogP contribution in [0.3, 0.4) is 0 Å². The Morgan fingerprint density at radius 2 is 1.10 bits per heavy atom. The van der Waals surface area contributed by atoms with Gasteiger partial charge in [0.1, 0.15) is 5.78 Å². The molecule has 1 saturated carbocycles. The van der Waals surface area contributed by atoms with Crippen LogP contribution in [0, 0.1) is 0 Å². The number of ketones is 1. The molecule has 1 aliphatic carbocycles. The van der Waals surface area contributed by atoms with Gasteiger partial charge in [-0.1, -0.05) is 53.9 Å². The highest BCUT2D eigenvalue weighted by molar-refractivity contribution is 6.30. The molecule has 1 nitrogen and oxygen atoms in total. The second kappa shape index (κ2) is 6.21. The van der Waals surface area contributed by atoms with E-state index in [9.17, 15) is 4.79 Å². The summed E-state index contributed by atoms with van der Waals surface area (Å²) in [5.74, 6) is 0.277. The number of carbonyl (C=O) groups is 1. The third-order valence-corrected chi connectivity index (χ3v) is 4.72. The summed E-state index contributed by atoms with van der Waals surface area (Å²) >= 11 is 11.9. The van der Waals surface area contributed by atoms with Crippen LogP contribution >= 0.6 is 23.2 Å². The summed E-state index contributed by atoms with van der Waals surface area (Å²) in [4.78, 5) is 12.8. The summed E-state index contributed by atoms with van der Waals surface area (Å²) in [5.41, 5.74) is 2.14. The van der Waals surface area contributed by atoms with Gasteiger partial charge in [0.15, 0.2) is 0 Å². The smallest absolute Gasteiger partial charge is 0.147 e. The second-order valence-electron chi connectivity index (χ2n) is 5.54. The summed E-state index contributed by atoms with van der Waals surface area (Å²) in [6.45, 7) is 0. The molecule has 2 atom stereocenters. The molecule has 0 N–H and O–H groups in total. The molecule has 3 rings (SSSR count). The van der Waals surface area contributed by atoms with Crippen molar-refractivity contribution in [1.82, 2.24) is 0 Å². The van der Waals surface area contributed by atoms with Crippen molar-refractivity contribution >= 4 is 29.0 Å². The van der Waals surface area contributed by atoms with E-state index in [1.165, 1.54) is 0 Å². The zero-order valence-corrected chi connectivity index (χ0v) is 13.1. The van der Waals surface area contributed by atoms with Crippen molar-refractivity contribution < 1.29 is 4.79 Å². The van der Waals surface area contributed by atoms with Crippen LogP contribution in [0.1, 0.15) is 42.2 Å². The van der Waals surface area contributed by atoms with Gasteiger partial charge >= 0.3 is 0 Å². The first kappa shape index (κ1) is 14.6. The molecule has 0 unspecified atom stereocenters. The van der Waals surface area contributed by atoms with Gasteiger partial charge in [-0.3, -0.25) is 4.79 Å². The summed E-state index contributed by atoms with van der Waals surface area (Å²) < 4.78 is 0. The van der Waals surface area contributed by atoms with Crippen molar-refractivity contribution in [1.29, 1.82) is 0 Å². The molecular formula is C18H16Cl2O. The van der Waals surface area contributed by atoms with Crippen molar-refractivity contribution in [3.63, 3.8) is 0 Å². The molecule has 0 saturated heterocycles. The van der Waals surface area contributed by atoms with Gasteiger partial charge < -0.3 is 0 Å². The Labute approximate surface area is 134 Å². The summed E-state index contributed by atoms with van der Waals surface area (Å²) in [5, 5.41) is 1.41.